The molecule has 1 aromatic heterocycles. The first-order valence-electron chi connectivity index (χ1n) is 6.40. The minimum atomic E-state index is -1.37. The molecule has 1 N–H and O–H groups in total. The molecule has 1 atom stereocenters. The molecule has 1 fully saturated rings. The average Bonchev–Trinajstić information content (AvgIpc) is 2.38. The van der Waals surface area contributed by atoms with E-state index in [2.05, 4.69) is 9.97 Å². The number of carboxylic acid groups (broad SMARTS) is 1. The van der Waals surface area contributed by atoms with Crippen LogP contribution in [0.25, 0.3) is 0 Å². The number of nitrogens with zero attached hydrogens (tertiary/aromatic N) is 3. The molecule has 110 valence electrons. The molecule has 0 radical (unpaired) electrons. The Kier molecular flexibility index (Phi) is 4.20. The fourth-order valence-electron chi connectivity index (χ4n) is 2.32. The lowest BCUT2D eigenvalue weighted by atomic mass is 10.0. The van der Waals surface area contributed by atoms with Gasteiger partial charge in [0.25, 0.3) is 0 Å². The van der Waals surface area contributed by atoms with E-state index in [1.165, 1.54) is 7.11 Å². The average molecular weight is 281 g/mol. The smallest absolute Gasteiger partial charge is 0.340 e. The van der Waals surface area contributed by atoms with Crippen LogP contribution in [0.2, 0.25) is 0 Å². The first kappa shape index (κ1) is 14.7. The molecular formula is C13H19N3O4. The van der Waals surface area contributed by atoms with Gasteiger partial charge in [-0.3, -0.25) is 0 Å². The molecule has 20 heavy (non-hydrogen) atoms. The van der Waals surface area contributed by atoms with Gasteiger partial charge in [-0.15, -0.1) is 0 Å². The number of aryl methyl sites for hydroxylation is 2. The van der Waals surface area contributed by atoms with Crippen molar-refractivity contribution in [3.63, 3.8) is 0 Å². The van der Waals surface area contributed by atoms with Gasteiger partial charge in [-0.2, -0.15) is 0 Å². The van der Waals surface area contributed by atoms with Crippen LogP contribution < -0.4 is 4.90 Å². The summed E-state index contributed by atoms with van der Waals surface area (Å²) in [5, 5.41) is 9.42. The summed E-state index contributed by atoms with van der Waals surface area (Å²) in [6.07, 6.45) is 0. The minimum absolute atomic E-state index is 0.0103. The summed E-state index contributed by atoms with van der Waals surface area (Å²) in [6, 6.07) is 1.88. The molecule has 1 aliphatic heterocycles. The van der Waals surface area contributed by atoms with Gasteiger partial charge in [-0.1, -0.05) is 0 Å². The number of ether oxygens (including phenoxy) is 2. The van der Waals surface area contributed by atoms with E-state index in [9.17, 15) is 9.90 Å². The standard InChI is InChI=1S/C13H19N3O4/c1-9-6-10(2)15-12(14-9)16-4-5-20-13(7-16,8-19-3)11(17)18/h6H,4-5,7-8H2,1-3H3,(H,17,18). The molecule has 2 rings (SSSR count). The summed E-state index contributed by atoms with van der Waals surface area (Å²) < 4.78 is 10.5. The molecule has 1 saturated heterocycles. The molecule has 7 heteroatoms. The van der Waals surface area contributed by atoms with Crippen molar-refractivity contribution < 1.29 is 19.4 Å². The van der Waals surface area contributed by atoms with Gasteiger partial charge < -0.3 is 19.5 Å². The zero-order valence-corrected chi connectivity index (χ0v) is 11.9. The fraction of sp³-hybridized carbons (Fsp3) is 0.615. The summed E-state index contributed by atoms with van der Waals surface area (Å²) in [7, 11) is 1.46. The normalized spacial score (nSPS) is 22.9. The molecule has 0 aromatic carbocycles. The van der Waals surface area contributed by atoms with Crippen LogP contribution in [-0.2, 0) is 14.3 Å². The number of methoxy groups -OCH3 is 1. The number of rotatable bonds is 4. The number of hydrogen-bond donors (Lipinski definition) is 1. The lowest BCUT2D eigenvalue weighted by Gasteiger charge is -2.39. The van der Waals surface area contributed by atoms with Gasteiger partial charge in [0.05, 0.1) is 19.8 Å². The molecule has 0 aliphatic carbocycles. The number of carbonyl (C=O) groups is 1. The highest BCUT2D eigenvalue weighted by atomic mass is 16.6. The van der Waals surface area contributed by atoms with E-state index in [4.69, 9.17) is 9.47 Å². The van der Waals surface area contributed by atoms with E-state index in [0.717, 1.165) is 11.4 Å². The lowest BCUT2D eigenvalue weighted by Crippen LogP contribution is -2.59. The van der Waals surface area contributed by atoms with Crippen LogP contribution in [0, 0.1) is 13.8 Å². The molecule has 0 bridgehead atoms. The van der Waals surface area contributed by atoms with Crippen LogP contribution in [0.15, 0.2) is 6.07 Å². The van der Waals surface area contributed by atoms with E-state index < -0.39 is 11.6 Å². The van der Waals surface area contributed by atoms with Crippen molar-refractivity contribution in [2.24, 2.45) is 0 Å². The summed E-state index contributed by atoms with van der Waals surface area (Å²) in [5.74, 6) is -0.499. The predicted molar refractivity (Wildman–Crippen MR) is 71.9 cm³/mol. The van der Waals surface area contributed by atoms with E-state index in [-0.39, 0.29) is 13.2 Å². The third-order valence-corrected chi connectivity index (χ3v) is 3.21. The van der Waals surface area contributed by atoms with Crippen molar-refractivity contribution in [3.8, 4) is 0 Å². The van der Waals surface area contributed by atoms with Gasteiger partial charge in [0.15, 0.2) is 0 Å². The van der Waals surface area contributed by atoms with Crippen LogP contribution >= 0.6 is 0 Å². The first-order valence-corrected chi connectivity index (χ1v) is 6.40. The highest BCUT2D eigenvalue weighted by Gasteiger charge is 2.45. The third-order valence-electron chi connectivity index (χ3n) is 3.21. The SMILES string of the molecule is COCC1(C(=O)O)CN(c2nc(C)cc(C)n2)CCO1. The molecule has 1 aromatic rings. The van der Waals surface area contributed by atoms with Crippen LogP contribution in [0.3, 0.4) is 0 Å². The Labute approximate surface area is 117 Å². The molecule has 1 aliphatic rings. The Morgan fingerprint density at radius 3 is 2.70 bits per heavy atom. The Morgan fingerprint density at radius 2 is 2.15 bits per heavy atom. The molecule has 0 spiro atoms. The molecule has 0 amide bonds. The summed E-state index contributed by atoms with van der Waals surface area (Å²) in [4.78, 5) is 22.1. The number of anilines is 1. The van der Waals surface area contributed by atoms with Crippen LogP contribution in [0.1, 0.15) is 11.4 Å². The van der Waals surface area contributed by atoms with Crippen molar-refractivity contribution in [2.45, 2.75) is 19.4 Å². The van der Waals surface area contributed by atoms with E-state index in [0.29, 0.717) is 19.1 Å². The largest absolute Gasteiger partial charge is 0.479 e. The topological polar surface area (TPSA) is 84.8 Å². The highest BCUT2D eigenvalue weighted by Crippen LogP contribution is 2.22. The maximum atomic E-state index is 11.5. The fourth-order valence-corrected chi connectivity index (χ4v) is 2.32. The van der Waals surface area contributed by atoms with Crippen LogP contribution in [0.4, 0.5) is 5.95 Å². The second kappa shape index (κ2) is 5.72. The lowest BCUT2D eigenvalue weighted by molar-refractivity contribution is -0.175. The number of carboxylic acids is 1. The maximum absolute atomic E-state index is 11.5. The van der Waals surface area contributed by atoms with Gasteiger partial charge in [0.2, 0.25) is 11.5 Å². The number of aliphatic carboxylic acids is 1. The monoisotopic (exact) mass is 281 g/mol. The van der Waals surface area contributed by atoms with E-state index in [1.54, 1.807) is 0 Å². The second-order valence-electron chi connectivity index (χ2n) is 4.95. The van der Waals surface area contributed by atoms with Gasteiger partial charge in [0.1, 0.15) is 0 Å². The number of aromatic nitrogens is 2. The predicted octanol–water partition coefficient (Wildman–Crippen LogP) is 0.400. The van der Waals surface area contributed by atoms with Crippen molar-refractivity contribution in [1.29, 1.82) is 0 Å². The van der Waals surface area contributed by atoms with Crippen molar-refractivity contribution >= 4 is 11.9 Å². The van der Waals surface area contributed by atoms with Crippen LogP contribution in [0.5, 0.6) is 0 Å². The Morgan fingerprint density at radius 1 is 1.50 bits per heavy atom. The summed E-state index contributed by atoms with van der Waals surface area (Å²) >= 11 is 0. The highest BCUT2D eigenvalue weighted by molar-refractivity contribution is 5.79. The van der Waals surface area contributed by atoms with Gasteiger partial charge in [-0.25, -0.2) is 14.8 Å². The molecule has 2 heterocycles. The van der Waals surface area contributed by atoms with E-state index >= 15 is 0 Å². The molecule has 1 unspecified atom stereocenters. The van der Waals surface area contributed by atoms with Gasteiger partial charge in [-0.05, 0) is 19.9 Å². The van der Waals surface area contributed by atoms with E-state index in [1.807, 2.05) is 24.8 Å². The number of hydrogen-bond acceptors (Lipinski definition) is 6. The molecular weight excluding hydrogens is 262 g/mol. The summed E-state index contributed by atoms with van der Waals surface area (Å²) in [6.45, 7) is 4.78. The Hall–Kier alpha value is -1.73. The van der Waals surface area contributed by atoms with Crippen molar-refractivity contribution in [2.75, 3.05) is 38.3 Å². The second-order valence-corrected chi connectivity index (χ2v) is 4.95. The summed E-state index contributed by atoms with van der Waals surface area (Å²) in [5.41, 5.74) is 0.340. The van der Waals surface area contributed by atoms with Crippen molar-refractivity contribution in [1.82, 2.24) is 9.97 Å². The number of morpholine rings is 1. The quantitative estimate of drug-likeness (QED) is 0.855. The molecule has 0 saturated carbocycles. The molecule has 7 nitrogen and oxygen atoms in total. The third kappa shape index (κ3) is 2.88. The maximum Gasteiger partial charge on any atom is 0.340 e. The first-order chi connectivity index (χ1) is 9.47. The van der Waals surface area contributed by atoms with Crippen molar-refractivity contribution in [3.05, 3.63) is 17.5 Å². The van der Waals surface area contributed by atoms with Gasteiger partial charge in [0, 0.05) is 25.0 Å². The Balaban J connectivity index is 2.27. The zero-order chi connectivity index (χ0) is 14.8. The van der Waals surface area contributed by atoms with Gasteiger partial charge >= 0.3 is 5.97 Å². The van der Waals surface area contributed by atoms with Crippen LogP contribution in [-0.4, -0.2) is 60.1 Å². The minimum Gasteiger partial charge on any atom is -0.479 e. The Bertz CT molecular complexity index is 484. The zero-order valence-electron chi connectivity index (χ0n) is 11.9.